The maximum Gasteiger partial charge on any atom is 0.390 e. The van der Waals surface area contributed by atoms with E-state index in [1.165, 1.54) is 0 Å². The van der Waals surface area contributed by atoms with Crippen LogP contribution in [-0.4, -0.2) is 11.6 Å². The number of hydrogen-bond acceptors (Lipinski definition) is 0. The molecule has 0 saturated carbocycles. The first-order valence-electron chi connectivity index (χ1n) is 4.72. The molecule has 84 valence electrons. The number of alkyl halides is 4. The minimum atomic E-state index is -4.16. The highest BCUT2D eigenvalue weighted by Crippen LogP contribution is 2.26. The van der Waals surface area contributed by atoms with Crippen LogP contribution in [0.3, 0.4) is 0 Å². The van der Waals surface area contributed by atoms with Crippen LogP contribution in [0.25, 0.3) is 0 Å². The summed E-state index contributed by atoms with van der Waals surface area (Å²) in [6, 6.07) is 9.37. The summed E-state index contributed by atoms with van der Waals surface area (Å²) in [5.41, 5.74) is 1.02. The Bertz CT molecular complexity index is 282. The zero-order chi connectivity index (χ0) is 11.3. The Morgan fingerprint density at radius 3 is 2.27 bits per heavy atom. The summed E-state index contributed by atoms with van der Waals surface area (Å²) in [5, 5.41) is -0.829. The Hall–Kier alpha value is -0.700. The molecule has 0 bridgehead atoms. The van der Waals surface area contributed by atoms with Crippen LogP contribution in [0.4, 0.5) is 13.2 Å². The monoisotopic (exact) mass is 236 g/mol. The second-order valence-corrected chi connectivity index (χ2v) is 4.06. The maximum absolute atomic E-state index is 11.9. The lowest BCUT2D eigenvalue weighted by Crippen LogP contribution is -2.15. The molecule has 0 radical (unpaired) electrons. The lowest BCUT2D eigenvalue weighted by molar-refractivity contribution is -0.134. The quantitative estimate of drug-likeness (QED) is 0.688. The maximum atomic E-state index is 11.9. The van der Waals surface area contributed by atoms with Crippen molar-refractivity contribution in [3.05, 3.63) is 35.9 Å². The molecule has 0 aliphatic carbocycles. The van der Waals surface area contributed by atoms with E-state index in [0.717, 1.165) is 5.56 Å². The van der Waals surface area contributed by atoms with E-state index in [1.54, 1.807) is 0 Å². The number of rotatable bonds is 4. The molecule has 1 rings (SSSR count). The van der Waals surface area contributed by atoms with Crippen LogP contribution in [0.5, 0.6) is 0 Å². The second-order valence-electron chi connectivity index (χ2n) is 3.44. The van der Waals surface area contributed by atoms with Gasteiger partial charge in [-0.25, -0.2) is 0 Å². The summed E-state index contributed by atoms with van der Waals surface area (Å²) in [6.45, 7) is 0. The first-order valence-corrected chi connectivity index (χ1v) is 5.16. The molecule has 0 fully saturated rings. The Morgan fingerprint density at radius 2 is 1.73 bits per heavy atom. The van der Waals surface area contributed by atoms with Crippen molar-refractivity contribution in [2.45, 2.75) is 30.8 Å². The van der Waals surface area contributed by atoms with Crippen molar-refractivity contribution in [3.8, 4) is 0 Å². The van der Waals surface area contributed by atoms with E-state index in [2.05, 4.69) is 0 Å². The Kier molecular flexibility index (Phi) is 4.45. The smallest absolute Gasteiger partial charge is 0.171 e. The van der Waals surface area contributed by atoms with E-state index >= 15 is 0 Å². The summed E-state index contributed by atoms with van der Waals surface area (Å²) >= 11 is 5.60. The van der Waals surface area contributed by atoms with E-state index in [0.29, 0.717) is 12.8 Å². The molecule has 1 unspecified atom stereocenters. The van der Waals surface area contributed by atoms with Crippen molar-refractivity contribution in [1.82, 2.24) is 0 Å². The summed E-state index contributed by atoms with van der Waals surface area (Å²) in [6.07, 6.45) is -4.14. The first kappa shape index (κ1) is 12.4. The molecule has 1 atom stereocenters. The van der Waals surface area contributed by atoms with Gasteiger partial charge in [0.05, 0.1) is 6.42 Å². The Labute approximate surface area is 92.1 Å². The van der Waals surface area contributed by atoms with Gasteiger partial charge in [0.15, 0.2) is 0 Å². The van der Waals surface area contributed by atoms with Gasteiger partial charge in [0.2, 0.25) is 0 Å². The zero-order valence-electron chi connectivity index (χ0n) is 8.10. The zero-order valence-corrected chi connectivity index (χ0v) is 8.85. The van der Waals surface area contributed by atoms with Gasteiger partial charge in [-0.05, 0) is 18.4 Å². The summed E-state index contributed by atoms with van der Waals surface area (Å²) in [5.74, 6) is 0. The van der Waals surface area contributed by atoms with E-state index in [-0.39, 0.29) is 0 Å². The minimum Gasteiger partial charge on any atom is -0.171 e. The standard InChI is InChI=1S/C11H12ClF3/c12-10(8-11(13,14)15)7-6-9-4-2-1-3-5-9/h1-5,10H,6-8H2. The average molecular weight is 237 g/mol. The Morgan fingerprint density at radius 1 is 1.13 bits per heavy atom. The van der Waals surface area contributed by atoms with Gasteiger partial charge in [0.25, 0.3) is 0 Å². The molecule has 0 aliphatic rings. The third kappa shape index (κ3) is 5.67. The summed E-state index contributed by atoms with van der Waals surface area (Å²) in [4.78, 5) is 0. The third-order valence-corrected chi connectivity index (χ3v) is 2.41. The average Bonchev–Trinajstić information content (AvgIpc) is 2.14. The molecule has 15 heavy (non-hydrogen) atoms. The molecular formula is C11H12ClF3. The third-order valence-electron chi connectivity index (χ3n) is 2.04. The topological polar surface area (TPSA) is 0 Å². The van der Waals surface area contributed by atoms with Crippen molar-refractivity contribution in [2.75, 3.05) is 0 Å². The molecule has 0 amide bonds. The summed E-state index contributed by atoms with van der Waals surface area (Å²) < 4.78 is 35.8. The highest BCUT2D eigenvalue weighted by Gasteiger charge is 2.30. The fraction of sp³-hybridized carbons (Fsp3) is 0.455. The van der Waals surface area contributed by atoms with Gasteiger partial charge >= 0.3 is 6.18 Å². The Balaban J connectivity index is 2.32. The van der Waals surface area contributed by atoms with Crippen molar-refractivity contribution < 1.29 is 13.2 Å². The van der Waals surface area contributed by atoms with E-state index < -0.39 is 18.0 Å². The number of benzene rings is 1. The van der Waals surface area contributed by atoms with Crippen LogP contribution in [-0.2, 0) is 6.42 Å². The van der Waals surface area contributed by atoms with Gasteiger partial charge in [0, 0.05) is 5.38 Å². The van der Waals surface area contributed by atoms with Crippen LogP contribution in [0.1, 0.15) is 18.4 Å². The predicted octanol–water partition coefficient (Wildman–Crippen LogP) is 4.18. The molecule has 0 saturated heterocycles. The van der Waals surface area contributed by atoms with E-state index in [1.807, 2.05) is 30.3 Å². The van der Waals surface area contributed by atoms with Crippen molar-refractivity contribution in [3.63, 3.8) is 0 Å². The molecular weight excluding hydrogens is 225 g/mol. The van der Waals surface area contributed by atoms with Crippen LogP contribution in [0.15, 0.2) is 30.3 Å². The lowest BCUT2D eigenvalue weighted by atomic mass is 10.1. The SMILES string of the molecule is FC(F)(F)CC(Cl)CCc1ccccc1. The fourth-order valence-electron chi connectivity index (χ4n) is 1.32. The van der Waals surface area contributed by atoms with Crippen LogP contribution >= 0.6 is 11.6 Å². The molecule has 0 spiro atoms. The van der Waals surface area contributed by atoms with Gasteiger partial charge in [-0.3, -0.25) is 0 Å². The molecule has 0 heterocycles. The molecule has 0 aliphatic heterocycles. The van der Waals surface area contributed by atoms with E-state index in [9.17, 15) is 13.2 Å². The van der Waals surface area contributed by atoms with Crippen molar-refractivity contribution in [2.24, 2.45) is 0 Å². The van der Waals surface area contributed by atoms with E-state index in [4.69, 9.17) is 11.6 Å². The normalized spacial score (nSPS) is 13.9. The molecule has 0 nitrogen and oxygen atoms in total. The van der Waals surface area contributed by atoms with Gasteiger partial charge in [-0.2, -0.15) is 13.2 Å². The number of hydrogen-bond donors (Lipinski definition) is 0. The number of aryl methyl sites for hydroxylation is 1. The highest BCUT2D eigenvalue weighted by atomic mass is 35.5. The van der Waals surface area contributed by atoms with Crippen LogP contribution < -0.4 is 0 Å². The molecule has 0 aromatic heterocycles. The van der Waals surface area contributed by atoms with Crippen LogP contribution in [0, 0.1) is 0 Å². The summed E-state index contributed by atoms with van der Waals surface area (Å²) in [7, 11) is 0. The highest BCUT2D eigenvalue weighted by molar-refractivity contribution is 6.20. The minimum absolute atomic E-state index is 0.352. The van der Waals surface area contributed by atoms with Gasteiger partial charge < -0.3 is 0 Å². The van der Waals surface area contributed by atoms with Crippen molar-refractivity contribution in [1.29, 1.82) is 0 Å². The second kappa shape index (κ2) is 5.40. The van der Waals surface area contributed by atoms with Crippen molar-refractivity contribution >= 4 is 11.6 Å². The lowest BCUT2D eigenvalue weighted by Gasteiger charge is -2.11. The molecule has 0 N–H and O–H groups in total. The largest absolute Gasteiger partial charge is 0.390 e. The first-order chi connectivity index (χ1) is 6.97. The van der Waals surface area contributed by atoms with Crippen LogP contribution in [0.2, 0.25) is 0 Å². The molecule has 1 aromatic carbocycles. The number of halogens is 4. The van der Waals surface area contributed by atoms with Gasteiger partial charge in [-0.1, -0.05) is 30.3 Å². The van der Waals surface area contributed by atoms with Gasteiger partial charge in [0.1, 0.15) is 0 Å². The van der Waals surface area contributed by atoms with Gasteiger partial charge in [-0.15, -0.1) is 11.6 Å². The predicted molar refractivity (Wildman–Crippen MR) is 55.1 cm³/mol. The molecule has 1 aromatic rings. The molecule has 4 heteroatoms. The fourth-order valence-corrected chi connectivity index (χ4v) is 1.61.